The molecule has 0 aromatic heterocycles. The predicted octanol–water partition coefficient (Wildman–Crippen LogP) is 3.66. The highest BCUT2D eigenvalue weighted by Crippen LogP contribution is 2.30. The molecule has 0 spiro atoms. The summed E-state index contributed by atoms with van der Waals surface area (Å²) in [6, 6.07) is 6.50. The van der Waals surface area contributed by atoms with Gasteiger partial charge < -0.3 is 9.64 Å². The molecule has 0 saturated carbocycles. The van der Waals surface area contributed by atoms with Gasteiger partial charge in [-0.2, -0.15) is 0 Å². The van der Waals surface area contributed by atoms with Gasteiger partial charge in [0.2, 0.25) is 0 Å². The second-order valence-corrected chi connectivity index (χ2v) is 4.25. The van der Waals surface area contributed by atoms with Gasteiger partial charge in [0.15, 0.2) is 0 Å². The molecule has 0 aliphatic heterocycles. The number of anilines is 1. The molecule has 0 heterocycles. The predicted molar refractivity (Wildman–Crippen MR) is 70.6 cm³/mol. The Morgan fingerprint density at radius 1 is 1.19 bits per heavy atom. The number of nitrogens with zero attached hydrogens (tertiary/aromatic N) is 1. The fraction of sp³-hybridized carbons (Fsp3) is 0.571. The molecule has 0 radical (unpaired) electrons. The largest absolute Gasteiger partial charge is 0.496 e. The summed E-state index contributed by atoms with van der Waals surface area (Å²) in [7, 11) is 1.74. The van der Waals surface area contributed by atoms with Crippen LogP contribution < -0.4 is 9.64 Å². The number of hydrogen-bond acceptors (Lipinski definition) is 2. The summed E-state index contributed by atoms with van der Waals surface area (Å²) in [5, 5.41) is 0. The van der Waals surface area contributed by atoms with Gasteiger partial charge in [-0.1, -0.05) is 19.9 Å². The molecule has 1 aromatic rings. The maximum Gasteiger partial charge on any atom is 0.124 e. The first-order valence-corrected chi connectivity index (χ1v) is 6.06. The van der Waals surface area contributed by atoms with Gasteiger partial charge >= 0.3 is 0 Å². The number of rotatable bonds is 5. The van der Waals surface area contributed by atoms with E-state index < -0.39 is 0 Å². The molecule has 0 amide bonds. The first-order chi connectivity index (χ1) is 7.63. The normalized spacial score (nSPS) is 10.6. The minimum atomic E-state index is 0.501. The Hall–Kier alpha value is -1.18. The van der Waals surface area contributed by atoms with Gasteiger partial charge in [0.25, 0.3) is 0 Å². The highest BCUT2D eigenvalue weighted by atomic mass is 16.5. The SMILES string of the molecule is CCN(CC)c1ccc(C(C)C)c(OC)c1. The molecule has 2 heteroatoms. The molecular formula is C14H23NO. The van der Waals surface area contributed by atoms with Crippen LogP contribution in [-0.2, 0) is 0 Å². The van der Waals surface area contributed by atoms with Crippen molar-refractivity contribution in [2.24, 2.45) is 0 Å². The third-order valence-electron chi connectivity index (χ3n) is 2.97. The summed E-state index contributed by atoms with van der Waals surface area (Å²) in [5.41, 5.74) is 2.52. The molecule has 0 aliphatic rings. The maximum absolute atomic E-state index is 5.46. The van der Waals surface area contributed by atoms with Gasteiger partial charge in [0.1, 0.15) is 5.75 Å². The molecule has 1 aromatic carbocycles. The second-order valence-electron chi connectivity index (χ2n) is 4.25. The summed E-state index contributed by atoms with van der Waals surface area (Å²) < 4.78 is 5.46. The van der Waals surface area contributed by atoms with Gasteiger partial charge in [-0.05, 0) is 31.4 Å². The number of ether oxygens (including phenoxy) is 1. The Morgan fingerprint density at radius 2 is 1.81 bits per heavy atom. The Morgan fingerprint density at radius 3 is 2.25 bits per heavy atom. The average molecular weight is 221 g/mol. The molecule has 16 heavy (non-hydrogen) atoms. The zero-order valence-corrected chi connectivity index (χ0v) is 11.1. The van der Waals surface area contributed by atoms with Crippen LogP contribution in [-0.4, -0.2) is 20.2 Å². The van der Waals surface area contributed by atoms with Crippen molar-refractivity contribution in [1.82, 2.24) is 0 Å². The van der Waals surface area contributed by atoms with E-state index in [2.05, 4.69) is 50.8 Å². The molecule has 0 N–H and O–H groups in total. The average Bonchev–Trinajstić information content (AvgIpc) is 2.30. The number of methoxy groups -OCH3 is 1. The summed E-state index contributed by atoms with van der Waals surface area (Å²) in [6.45, 7) is 10.8. The van der Waals surface area contributed by atoms with Crippen molar-refractivity contribution in [2.45, 2.75) is 33.6 Å². The van der Waals surface area contributed by atoms with E-state index in [1.807, 2.05) is 0 Å². The van der Waals surface area contributed by atoms with E-state index in [0.29, 0.717) is 5.92 Å². The van der Waals surface area contributed by atoms with Crippen molar-refractivity contribution in [1.29, 1.82) is 0 Å². The molecule has 0 fully saturated rings. The summed E-state index contributed by atoms with van der Waals surface area (Å²) >= 11 is 0. The molecule has 1 rings (SSSR count). The van der Waals surface area contributed by atoms with Gasteiger partial charge in [-0.3, -0.25) is 0 Å². The van der Waals surface area contributed by atoms with Gasteiger partial charge in [0, 0.05) is 24.8 Å². The van der Waals surface area contributed by atoms with Crippen LogP contribution in [0.4, 0.5) is 5.69 Å². The monoisotopic (exact) mass is 221 g/mol. The lowest BCUT2D eigenvalue weighted by Crippen LogP contribution is -2.21. The third kappa shape index (κ3) is 2.69. The van der Waals surface area contributed by atoms with E-state index in [9.17, 15) is 0 Å². The third-order valence-corrected chi connectivity index (χ3v) is 2.97. The molecule has 0 unspecified atom stereocenters. The van der Waals surface area contributed by atoms with E-state index in [4.69, 9.17) is 4.74 Å². The summed E-state index contributed by atoms with van der Waals surface area (Å²) in [5.74, 6) is 1.50. The fourth-order valence-electron chi connectivity index (χ4n) is 1.96. The van der Waals surface area contributed by atoms with Crippen molar-refractivity contribution >= 4 is 5.69 Å². The highest BCUT2D eigenvalue weighted by Gasteiger charge is 2.10. The van der Waals surface area contributed by atoms with Crippen LogP contribution >= 0.6 is 0 Å². The van der Waals surface area contributed by atoms with Crippen LogP contribution in [0.3, 0.4) is 0 Å². The van der Waals surface area contributed by atoms with Gasteiger partial charge in [0.05, 0.1) is 7.11 Å². The standard InChI is InChI=1S/C14H23NO/c1-6-15(7-2)12-8-9-13(11(3)4)14(10-12)16-5/h8-11H,6-7H2,1-5H3. The smallest absolute Gasteiger partial charge is 0.124 e. The van der Waals surface area contributed by atoms with Crippen molar-refractivity contribution in [3.05, 3.63) is 23.8 Å². The Bertz CT molecular complexity index is 330. The van der Waals surface area contributed by atoms with E-state index in [1.165, 1.54) is 11.3 Å². The lowest BCUT2D eigenvalue weighted by Gasteiger charge is -2.23. The first-order valence-electron chi connectivity index (χ1n) is 6.06. The molecule has 2 nitrogen and oxygen atoms in total. The maximum atomic E-state index is 5.46. The van der Waals surface area contributed by atoms with Crippen molar-refractivity contribution < 1.29 is 4.74 Å². The Kier molecular flexibility index (Phi) is 4.66. The van der Waals surface area contributed by atoms with Gasteiger partial charge in [-0.15, -0.1) is 0 Å². The molecular weight excluding hydrogens is 198 g/mol. The lowest BCUT2D eigenvalue weighted by molar-refractivity contribution is 0.407. The minimum absolute atomic E-state index is 0.501. The van der Waals surface area contributed by atoms with Crippen LogP contribution in [0.15, 0.2) is 18.2 Å². The number of hydrogen-bond donors (Lipinski definition) is 0. The van der Waals surface area contributed by atoms with Crippen molar-refractivity contribution in [2.75, 3.05) is 25.1 Å². The van der Waals surface area contributed by atoms with E-state index in [-0.39, 0.29) is 0 Å². The minimum Gasteiger partial charge on any atom is -0.496 e. The van der Waals surface area contributed by atoms with Gasteiger partial charge in [-0.25, -0.2) is 0 Å². The zero-order chi connectivity index (χ0) is 12.1. The van der Waals surface area contributed by atoms with Crippen LogP contribution in [0.2, 0.25) is 0 Å². The quantitative estimate of drug-likeness (QED) is 0.752. The molecule has 0 saturated heterocycles. The van der Waals surface area contributed by atoms with Crippen LogP contribution in [0.25, 0.3) is 0 Å². The topological polar surface area (TPSA) is 12.5 Å². The van der Waals surface area contributed by atoms with E-state index in [1.54, 1.807) is 7.11 Å². The van der Waals surface area contributed by atoms with Crippen molar-refractivity contribution in [3.8, 4) is 5.75 Å². The molecule has 90 valence electrons. The zero-order valence-electron chi connectivity index (χ0n) is 11.1. The van der Waals surface area contributed by atoms with Crippen LogP contribution in [0.5, 0.6) is 5.75 Å². The highest BCUT2D eigenvalue weighted by molar-refractivity contribution is 5.54. The second kappa shape index (κ2) is 5.78. The number of benzene rings is 1. The van der Waals surface area contributed by atoms with Crippen LogP contribution in [0, 0.1) is 0 Å². The fourth-order valence-corrected chi connectivity index (χ4v) is 1.96. The summed E-state index contributed by atoms with van der Waals surface area (Å²) in [4.78, 5) is 2.33. The Balaban J connectivity index is 3.08. The lowest BCUT2D eigenvalue weighted by atomic mass is 10.0. The molecule has 0 aliphatic carbocycles. The molecule has 0 atom stereocenters. The van der Waals surface area contributed by atoms with E-state index in [0.717, 1.165) is 18.8 Å². The van der Waals surface area contributed by atoms with E-state index >= 15 is 0 Å². The summed E-state index contributed by atoms with van der Waals surface area (Å²) in [6.07, 6.45) is 0. The Labute approximate surface area is 99.2 Å². The first kappa shape index (κ1) is 12.9. The van der Waals surface area contributed by atoms with Crippen molar-refractivity contribution in [3.63, 3.8) is 0 Å². The molecule has 0 bridgehead atoms. The van der Waals surface area contributed by atoms with Crippen LogP contribution in [0.1, 0.15) is 39.2 Å².